The van der Waals surface area contributed by atoms with Gasteiger partial charge in [-0.2, -0.15) is 0 Å². The van der Waals surface area contributed by atoms with Gasteiger partial charge in [0.05, 0.1) is 12.3 Å². The Labute approximate surface area is 210 Å². The molecule has 4 aromatic rings. The zero-order chi connectivity index (χ0) is 25.0. The van der Waals surface area contributed by atoms with Crippen molar-refractivity contribution >= 4 is 28.5 Å². The fourth-order valence-corrected chi connectivity index (χ4v) is 5.63. The standard InChI is InChI=1S/C30H29N3O3/c1-4-36-26-12-8-7-11-24(26)33-29(34)25-17-22-21-9-5-6-10-23(21)31-27(22)28(32(25)30(33)35)20-15-13-19(14-16-20)18(2)3/h5-16,18,25,28,31H,4,17H2,1-3H3/t25-,28-/m0/s1. The molecule has 36 heavy (non-hydrogen) atoms. The van der Waals surface area contributed by atoms with Gasteiger partial charge < -0.3 is 9.72 Å². The minimum Gasteiger partial charge on any atom is -0.492 e. The smallest absolute Gasteiger partial charge is 0.333 e. The molecule has 3 amide bonds. The summed E-state index contributed by atoms with van der Waals surface area (Å²) < 4.78 is 5.78. The molecular weight excluding hydrogens is 450 g/mol. The van der Waals surface area contributed by atoms with E-state index in [0.717, 1.165) is 27.7 Å². The van der Waals surface area contributed by atoms with Crippen LogP contribution in [0.5, 0.6) is 5.75 Å². The maximum absolute atomic E-state index is 14.1. The van der Waals surface area contributed by atoms with Crippen molar-refractivity contribution in [2.75, 3.05) is 11.5 Å². The van der Waals surface area contributed by atoms with Crippen LogP contribution < -0.4 is 9.64 Å². The van der Waals surface area contributed by atoms with Crippen LogP contribution in [0.15, 0.2) is 72.8 Å². The van der Waals surface area contributed by atoms with E-state index in [1.165, 1.54) is 10.5 Å². The lowest BCUT2D eigenvalue weighted by atomic mass is 9.88. The molecule has 0 unspecified atom stereocenters. The van der Waals surface area contributed by atoms with Crippen LogP contribution in [0.4, 0.5) is 10.5 Å². The molecule has 1 saturated heterocycles. The average Bonchev–Trinajstić information content (AvgIpc) is 3.38. The molecule has 1 aromatic heterocycles. The van der Waals surface area contributed by atoms with Crippen molar-refractivity contribution in [2.45, 2.75) is 45.2 Å². The van der Waals surface area contributed by atoms with Crippen molar-refractivity contribution in [1.29, 1.82) is 0 Å². The fourth-order valence-electron chi connectivity index (χ4n) is 5.63. The van der Waals surface area contributed by atoms with E-state index >= 15 is 0 Å². The largest absolute Gasteiger partial charge is 0.492 e. The van der Waals surface area contributed by atoms with E-state index in [1.807, 2.05) is 37.3 Å². The number of nitrogens with zero attached hydrogens (tertiary/aromatic N) is 2. The third kappa shape index (κ3) is 3.32. The van der Waals surface area contributed by atoms with Crippen LogP contribution >= 0.6 is 0 Å². The van der Waals surface area contributed by atoms with E-state index in [-0.39, 0.29) is 11.9 Å². The van der Waals surface area contributed by atoms with Gasteiger partial charge in [0.15, 0.2) is 0 Å². The Morgan fingerprint density at radius 1 is 0.972 bits per heavy atom. The van der Waals surface area contributed by atoms with Gasteiger partial charge in [0.25, 0.3) is 5.91 Å². The Kier molecular flexibility index (Phi) is 5.32. The molecule has 6 rings (SSSR count). The number of para-hydroxylation sites is 3. The predicted molar refractivity (Wildman–Crippen MR) is 140 cm³/mol. The first kappa shape index (κ1) is 22.4. The molecule has 182 valence electrons. The number of nitrogens with one attached hydrogen (secondary N) is 1. The number of benzene rings is 3. The van der Waals surface area contributed by atoms with E-state index in [1.54, 1.807) is 17.0 Å². The number of urea groups is 1. The SMILES string of the molecule is CCOc1ccccc1N1C(=O)[C@@H]2Cc3c([nH]c4ccccc34)[C@H](c3ccc(C(C)C)cc3)N2C1=O. The van der Waals surface area contributed by atoms with Gasteiger partial charge in [0.1, 0.15) is 17.8 Å². The normalized spacial score (nSPS) is 19.2. The Bertz CT molecular complexity index is 1470. The molecule has 0 radical (unpaired) electrons. The number of aromatic amines is 1. The summed E-state index contributed by atoms with van der Waals surface area (Å²) in [5.41, 5.74) is 5.81. The second-order valence-electron chi connectivity index (χ2n) is 9.77. The van der Waals surface area contributed by atoms with Crippen LogP contribution in [-0.2, 0) is 11.2 Å². The van der Waals surface area contributed by atoms with E-state index in [4.69, 9.17) is 4.74 Å². The second-order valence-corrected chi connectivity index (χ2v) is 9.77. The highest BCUT2D eigenvalue weighted by Gasteiger charge is 2.53. The molecule has 0 bridgehead atoms. The zero-order valence-electron chi connectivity index (χ0n) is 20.7. The summed E-state index contributed by atoms with van der Waals surface area (Å²) in [5, 5.41) is 1.10. The molecule has 0 spiro atoms. The first-order valence-electron chi connectivity index (χ1n) is 12.6. The molecule has 1 N–H and O–H groups in total. The predicted octanol–water partition coefficient (Wildman–Crippen LogP) is 6.17. The summed E-state index contributed by atoms with van der Waals surface area (Å²) in [6.45, 7) is 6.67. The Morgan fingerprint density at radius 2 is 1.69 bits per heavy atom. The van der Waals surface area contributed by atoms with Gasteiger partial charge >= 0.3 is 6.03 Å². The summed E-state index contributed by atoms with van der Waals surface area (Å²) in [6.07, 6.45) is 0.470. The summed E-state index contributed by atoms with van der Waals surface area (Å²) in [7, 11) is 0. The Morgan fingerprint density at radius 3 is 2.44 bits per heavy atom. The van der Waals surface area contributed by atoms with E-state index in [0.29, 0.717) is 30.4 Å². The number of carbonyl (C=O) groups excluding carboxylic acids is 2. The molecular formula is C30H29N3O3. The fraction of sp³-hybridized carbons (Fsp3) is 0.267. The first-order valence-corrected chi connectivity index (χ1v) is 12.6. The van der Waals surface area contributed by atoms with Crippen molar-refractivity contribution < 1.29 is 14.3 Å². The third-order valence-corrected chi connectivity index (χ3v) is 7.37. The van der Waals surface area contributed by atoms with Crippen LogP contribution in [-0.4, -0.2) is 34.5 Å². The van der Waals surface area contributed by atoms with E-state index < -0.39 is 12.1 Å². The van der Waals surface area contributed by atoms with Crippen molar-refractivity contribution in [1.82, 2.24) is 9.88 Å². The number of rotatable bonds is 5. The molecule has 0 saturated carbocycles. The number of ether oxygens (including phenoxy) is 1. The Balaban J connectivity index is 1.51. The molecule has 2 aliphatic heterocycles. The molecule has 3 heterocycles. The average molecular weight is 480 g/mol. The molecule has 3 aromatic carbocycles. The van der Waals surface area contributed by atoms with Gasteiger partial charge in [-0.05, 0) is 47.7 Å². The van der Waals surface area contributed by atoms with Crippen molar-refractivity contribution in [2.24, 2.45) is 0 Å². The van der Waals surface area contributed by atoms with Gasteiger partial charge in [0.2, 0.25) is 0 Å². The van der Waals surface area contributed by atoms with E-state index in [2.05, 4.69) is 49.2 Å². The lowest BCUT2D eigenvalue weighted by Gasteiger charge is -2.36. The molecule has 6 heteroatoms. The highest BCUT2D eigenvalue weighted by atomic mass is 16.5. The monoisotopic (exact) mass is 479 g/mol. The van der Waals surface area contributed by atoms with Crippen LogP contribution in [0.1, 0.15) is 55.1 Å². The number of imide groups is 1. The highest BCUT2D eigenvalue weighted by Crippen LogP contribution is 2.46. The van der Waals surface area contributed by atoms with Crippen LogP contribution in [0, 0.1) is 0 Å². The quantitative estimate of drug-likeness (QED) is 0.348. The summed E-state index contributed by atoms with van der Waals surface area (Å²) >= 11 is 0. The van der Waals surface area contributed by atoms with Gasteiger partial charge in [-0.15, -0.1) is 0 Å². The minimum atomic E-state index is -0.589. The number of fused-ring (bicyclic) bond motifs is 4. The van der Waals surface area contributed by atoms with E-state index in [9.17, 15) is 9.59 Å². The topological polar surface area (TPSA) is 65.6 Å². The van der Waals surface area contributed by atoms with Gasteiger partial charge in [-0.3, -0.25) is 9.69 Å². The maximum atomic E-state index is 14.1. The number of aromatic nitrogens is 1. The molecule has 0 aliphatic carbocycles. The van der Waals surface area contributed by atoms with Crippen molar-refractivity contribution in [3.8, 4) is 5.75 Å². The third-order valence-electron chi connectivity index (χ3n) is 7.37. The summed E-state index contributed by atoms with van der Waals surface area (Å²) in [5.74, 6) is 0.720. The lowest BCUT2D eigenvalue weighted by molar-refractivity contribution is -0.120. The van der Waals surface area contributed by atoms with Gasteiger partial charge in [0, 0.05) is 23.0 Å². The molecule has 1 fully saturated rings. The highest BCUT2D eigenvalue weighted by molar-refractivity contribution is 6.22. The number of hydrogen-bond acceptors (Lipinski definition) is 3. The summed E-state index contributed by atoms with van der Waals surface area (Å²) in [4.78, 5) is 34.6. The van der Waals surface area contributed by atoms with Gasteiger partial charge in [-0.25, -0.2) is 9.69 Å². The lowest BCUT2D eigenvalue weighted by Crippen LogP contribution is -2.44. The molecule has 2 atom stereocenters. The van der Waals surface area contributed by atoms with Crippen molar-refractivity contribution in [3.63, 3.8) is 0 Å². The number of amides is 3. The van der Waals surface area contributed by atoms with Crippen LogP contribution in [0.2, 0.25) is 0 Å². The number of carbonyl (C=O) groups is 2. The second kappa shape index (κ2) is 8.55. The van der Waals surface area contributed by atoms with Crippen LogP contribution in [0.25, 0.3) is 10.9 Å². The van der Waals surface area contributed by atoms with Crippen molar-refractivity contribution in [3.05, 3.63) is 95.2 Å². The molecule has 6 nitrogen and oxygen atoms in total. The number of anilines is 1. The zero-order valence-corrected chi connectivity index (χ0v) is 20.7. The van der Waals surface area contributed by atoms with Crippen LogP contribution in [0.3, 0.4) is 0 Å². The molecule has 2 aliphatic rings. The number of H-pyrrole nitrogens is 1. The van der Waals surface area contributed by atoms with Gasteiger partial charge in [-0.1, -0.05) is 68.4 Å². The summed E-state index contributed by atoms with van der Waals surface area (Å²) in [6, 6.07) is 22.5. The maximum Gasteiger partial charge on any atom is 0.333 e. The minimum absolute atomic E-state index is 0.216. The Hall–Kier alpha value is -4.06. The first-order chi connectivity index (χ1) is 17.5. The number of hydrogen-bond donors (Lipinski definition) is 1.